The minimum atomic E-state index is 0.0544. The van der Waals surface area contributed by atoms with Crippen LogP contribution >= 0.6 is 0 Å². The third-order valence-electron chi connectivity index (χ3n) is 5.95. The van der Waals surface area contributed by atoms with Crippen LogP contribution in [0.4, 0.5) is 0 Å². The van der Waals surface area contributed by atoms with Crippen LogP contribution in [0, 0.1) is 5.92 Å². The van der Waals surface area contributed by atoms with Crippen molar-refractivity contribution < 1.29 is 9.53 Å². The predicted molar refractivity (Wildman–Crippen MR) is 112 cm³/mol. The number of amides is 1. The van der Waals surface area contributed by atoms with Crippen molar-refractivity contribution in [2.24, 2.45) is 5.92 Å². The van der Waals surface area contributed by atoms with E-state index in [1.165, 1.54) is 0 Å². The van der Waals surface area contributed by atoms with Gasteiger partial charge in [-0.1, -0.05) is 32.0 Å². The Hall–Kier alpha value is -1.98. The van der Waals surface area contributed by atoms with E-state index < -0.39 is 0 Å². The Bertz CT molecular complexity index is 843. The molecule has 1 aromatic carbocycles. The van der Waals surface area contributed by atoms with Crippen molar-refractivity contribution in [3.63, 3.8) is 0 Å². The van der Waals surface area contributed by atoms with Gasteiger partial charge in [0.2, 0.25) is 0 Å². The molecule has 1 fully saturated rings. The van der Waals surface area contributed by atoms with Gasteiger partial charge in [-0.3, -0.25) is 14.7 Å². The average molecular weight is 382 g/mol. The quantitative estimate of drug-likeness (QED) is 0.835. The molecule has 5 heteroatoms. The molecule has 0 saturated carbocycles. The number of hydrogen-bond acceptors (Lipinski definition) is 4. The lowest BCUT2D eigenvalue weighted by Crippen LogP contribution is -2.49. The summed E-state index contributed by atoms with van der Waals surface area (Å²) in [5.74, 6) is 0.648. The maximum absolute atomic E-state index is 13.3. The molecular formula is C23H31N3O2. The fourth-order valence-electron chi connectivity index (χ4n) is 4.62. The average Bonchev–Trinajstić information content (AvgIpc) is 3.17. The zero-order valence-electron chi connectivity index (χ0n) is 17.0. The second-order valence-corrected chi connectivity index (χ2v) is 8.42. The Morgan fingerprint density at radius 2 is 2.00 bits per heavy atom. The fourth-order valence-corrected chi connectivity index (χ4v) is 4.62. The molecule has 2 aromatic rings. The second-order valence-electron chi connectivity index (χ2n) is 8.42. The first kappa shape index (κ1) is 19.3. The van der Waals surface area contributed by atoms with E-state index in [1.807, 2.05) is 24.3 Å². The Morgan fingerprint density at radius 1 is 1.21 bits per heavy atom. The Morgan fingerprint density at radius 3 is 2.79 bits per heavy atom. The summed E-state index contributed by atoms with van der Waals surface area (Å²) in [7, 11) is 0. The van der Waals surface area contributed by atoms with Crippen LogP contribution < -0.4 is 5.32 Å². The topological polar surface area (TPSA) is 54.5 Å². The van der Waals surface area contributed by atoms with Crippen LogP contribution in [0.1, 0.15) is 48.3 Å². The van der Waals surface area contributed by atoms with Crippen molar-refractivity contribution in [1.29, 1.82) is 0 Å². The van der Waals surface area contributed by atoms with Gasteiger partial charge in [0, 0.05) is 36.8 Å². The summed E-state index contributed by atoms with van der Waals surface area (Å²) < 4.78 is 5.51. The smallest absolute Gasteiger partial charge is 0.252 e. The SMILES string of the molecule is CC(C)CC(CNC(=O)c1c2c(nc3ccccc13)CCC2)N1CCOCC1. The number of carbonyl (C=O) groups excluding carboxylic acids is 1. The van der Waals surface area contributed by atoms with E-state index in [-0.39, 0.29) is 5.91 Å². The van der Waals surface area contributed by atoms with E-state index in [9.17, 15) is 4.79 Å². The van der Waals surface area contributed by atoms with Gasteiger partial charge in [-0.15, -0.1) is 0 Å². The molecule has 150 valence electrons. The molecule has 1 saturated heterocycles. The minimum absolute atomic E-state index is 0.0544. The van der Waals surface area contributed by atoms with Gasteiger partial charge in [0.25, 0.3) is 5.91 Å². The molecule has 1 atom stereocenters. The molecule has 28 heavy (non-hydrogen) atoms. The van der Waals surface area contributed by atoms with Crippen LogP contribution in [-0.2, 0) is 17.6 Å². The zero-order chi connectivity index (χ0) is 19.5. The molecule has 1 aliphatic heterocycles. The van der Waals surface area contributed by atoms with Crippen LogP contribution in [0.5, 0.6) is 0 Å². The molecule has 1 N–H and O–H groups in total. The summed E-state index contributed by atoms with van der Waals surface area (Å²) in [6.45, 7) is 8.64. The highest BCUT2D eigenvalue weighted by molar-refractivity contribution is 6.07. The lowest BCUT2D eigenvalue weighted by Gasteiger charge is -2.35. The van der Waals surface area contributed by atoms with E-state index in [0.29, 0.717) is 18.5 Å². The standard InChI is InChI=1S/C23H31N3O2/c1-16(2)14-17(26-10-12-28-13-11-26)15-24-23(27)22-18-6-3-4-8-20(18)25-21-9-5-7-19(21)22/h3-4,6,8,16-17H,5,7,9-15H2,1-2H3,(H,24,27). The van der Waals surface area contributed by atoms with Crippen molar-refractivity contribution in [3.8, 4) is 0 Å². The first-order chi connectivity index (χ1) is 13.6. The monoisotopic (exact) mass is 381 g/mol. The van der Waals surface area contributed by atoms with Gasteiger partial charge in [0.15, 0.2) is 0 Å². The van der Waals surface area contributed by atoms with Gasteiger partial charge in [-0.2, -0.15) is 0 Å². The predicted octanol–water partition coefficient (Wildman–Crippen LogP) is 3.20. The van der Waals surface area contributed by atoms with Crippen LogP contribution in [0.3, 0.4) is 0 Å². The highest BCUT2D eigenvalue weighted by Gasteiger charge is 2.26. The molecule has 0 radical (unpaired) electrons. The molecule has 1 amide bonds. The Kier molecular flexibility index (Phi) is 5.93. The molecule has 5 nitrogen and oxygen atoms in total. The molecule has 2 aliphatic rings. The van der Waals surface area contributed by atoms with Crippen molar-refractivity contribution in [2.75, 3.05) is 32.8 Å². The molecule has 1 aromatic heterocycles. The maximum atomic E-state index is 13.3. The fraction of sp³-hybridized carbons (Fsp3) is 0.565. The van der Waals surface area contributed by atoms with Crippen LogP contribution in [0.15, 0.2) is 24.3 Å². The maximum Gasteiger partial charge on any atom is 0.252 e. The number of rotatable bonds is 6. The molecular weight excluding hydrogens is 350 g/mol. The van der Waals surface area contributed by atoms with Crippen molar-refractivity contribution in [2.45, 2.75) is 45.6 Å². The molecule has 1 aliphatic carbocycles. The van der Waals surface area contributed by atoms with Gasteiger partial charge in [0.1, 0.15) is 0 Å². The normalized spacial score (nSPS) is 18.4. The molecule has 2 heterocycles. The van der Waals surface area contributed by atoms with Gasteiger partial charge in [0.05, 0.1) is 24.3 Å². The Balaban J connectivity index is 1.56. The van der Waals surface area contributed by atoms with Gasteiger partial charge in [-0.05, 0) is 43.2 Å². The van der Waals surface area contributed by atoms with Crippen LogP contribution in [0.25, 0.3) is 10.9 Å². The number of aromatic nitrogens is 1. The summed E-state index contributed by atoms with van der Waals surface area (Å²) in [4.78, 5) is 20.6. The van der Waals surface area contributed by atoms with E-state index in [4.69, 9.17) is 9.72 Å². The number of aryl methyl sites for hydroxylation is 1. The lowest BCUT2D eigenvalue weighted by molar-refractivity contribution is 0.0124. The summed E-state index contributed by atoms with van der Waals surface area (Å²) in [5, 5.41) is 4.25. The number of morpholine rings is 1. The molecule has 1 unspecified atom stereocenters. The van der Waals surface area contributed by atoms with Gasteiger partial charge in [-0.25, -0.2) is 0 Å². The number of carbonyl (C=O) groups is 1. The summed E-state index contributed by atoms with van der Waals surface area (Å²) in [6.07, 6.45) is 4.09. The molecule has 4 rings (SSSR count). The van der Waals surface area contributed by atoms with Crippen molar-refractivity contribution >= 4 is 16.8 Å². The number of ether oxygens (including phenoxy) is 1. The Labute approximate surface area is 167 Å². The third kappa shape index (κ3) is 4.06. The lowest BCUT2D eigenvalue weighted by atomic mass is 9.99. The number of nitrogens with zero attached hydrogens (tertiary/aromatic N) is 2. The summed E-state index contributed by atoms with van der Waals surface area (Å²) in [5.41, 5.74) is 4.04. The van der Waals surface area contributed by atoms with Crippen LogP contribution in [-0.4, -0.2) is 54.7 Å². The first-order valence-electron chi connectivity index (χ1n) is 10.6. The van der Waals surface area contributed by atoms with Crippen molar-refractivity contribution in [1.82, 2.24) is 15.2 Å². The highest BCUT2D eigenvalue weighted by Crippen LogP contribution is 2.30. The van der Waals surface area contributed by atoms with E-state index in [1.54, 1.807) is 0 Å². The number of para-hydroxylation sites is 1. The van der Waals surface area contributed by atoms with E-state index in [0.717, 1.165) is 79.7 Å². The number of hydrogen-bond donors (Lipinski definition) is 1. The largest absolute Gasteiger partial charge is 0.379 e. The minimum Gasteiger partial charge on any atom is -0.379 e. The zero-order valence-corrected chi connectivity index (χ0v) is 17.0. The van der Waals surface area contributed by atoms with Gasteiger partial charge < -0.3 is 10.1 Å². The second kappa shape index (κ2) is 8.58. The number of nitrogens with one attached hydrogen (secondary N) is 1. The third-order valence-corrected chi connectivity index (χ3v) is 5.95. The molecule has 0 spiro atoms. The van der Waals surface area contributed by atoms with E-state index >= 15 is 0 Å². The van der Waals surface area contributed by atoms with E-state index in [2.05, 4.69) is 24.1 Å². The van der Waals surface area contributed by atoms with Crippen LogP contribution in [0.2, 0.25) is 0 Å². The molecule has 0 bridgehead atoms. The summed E-state index contributed by atoms with van der Waals surface area (Å²) in [6, 6.07) is 8.39. The van der Waals surface area contributed by atoms with Gasteiger partial charge >= 0.3 is 0 Å². The highest BCUT2D eigenvalue weighted by atomic mass is 16.5. The number of benzene rings is 1. The van der Waals surface area contributed by atoms with Crippen molar-refractivity contribution in [3.05, 3.63) is 41.1 Å². The number of pyridine rings is 1. The number of fused-ring (bicyclic) bond motifs is 2. The summed E-state index contributed by atoms with van der Waals surface area (Å²) >= 11 is 0. The first-order valence-corrected chi connectivity index (χ1v) is 10.6.